The highest BCUT2D eigenvalue weighted by atomic mass is 32.2. The number of rotatable bonds is 3. The van der Waals surface area contributed by atoms with E-state index in [1.165, 1.54) is 22.3 Å². The van der Waals surface area contributed by atoms with Crippen LogP contribution in [0.15, 0.2) is 114 Å². The molecule has 4 aromatic carbocycles. The number of alkyl halides is 3. The van der Waals surface area contributed by atoms with Crippen molar-refractivity contribution in [2.45, 2.75) is 10.4 Å². The normalized spacial score (nSPS) is 10.8. The monoisotopic (exact) mass is 520 g/mol. The van der Waals surface area contributed by atoms with E-state index in [2.05, 4.69) is 97.6 Å². The molecule has 0 bridgehead atoms. The molecule has 0 heterocycles. The summed E-state index contributed by atoms with van der Waals surface area (Å²) in [6.07, 6.45) is 0. The van der Waals surface area contributed by atoms with Crippen molar-refractivity contribution in [2.75, 3.05) is 7.11 Å². The van der Waals surface area contributed by atoms with Gasteiger partial charge in [-0.15, -0.1) is 12.6 Å². The van der Waals surface area contributed by atoms with Crippen molar-refractivity contribution < 1.29 is 30.9 Å². The third-order valence-corrected chi connectivity index (χ3v) is 5.34. The fraction of sp³-hybridized carbons (Fsp3) is 0.0769. The van der Waals surface area contributed by atoms with Gasteiger partial charge in [0.25, 0.3) is 0 Å². The number of methoxy groups -OCH3 is 1. The molecule has 0 aromatic heterocycles. The van der Waals surface area contributed by atoms with Crippen molar-refractivity contribution in [3.8, 4) is 28.0 Å². The average Bonchev–Trinajstić information content (AvgIpc) is 2.85. The van der Waals surface area contributed by atoms with E-state index in [9.17, 15) is 13.2 Å². The van der Waals surface area contributed by atoms with Crippen LogP contribution < -0.4 is 4.74 Å². The highest BCUT2D eigenvalue weighted by molar-refractivity contribution is 7.86. The molecule has 0 saturated carbocycles. The lowest BCUT2D eigenvalue weighted by atomic mass is 9.95. The first kappa shape index (κ1) is 28.0. The Morgan fingerprint density at radius 1 is 0.686 bits per heavy atom. The molecule has 0 atom stereocenters. The van der Waals surface area contributed by atoms with E-state index in [4.69, 9.17) is 17.7 Å². The Morgan fingerprint density at radius 3 is 1.34 bits per heavy atom. The molecule has 0 spiro atoms. The Morgan fingerprint density at radius 2 is 1.03 bits per heavy atom. The maximum Gasteiger partial charge on any atom is 0.522 e. The smallest absolute Gasteiger partial charge is 0.497 e. The SMILES string of the molecule is COc1ccc(S)cc1.O=S(=O)(O)C(F)(F)F.c1ccc(-c2ccccc2-c2ccccc2)cc1. The molecule has 0 aliphatic heterocycles. The van der Waals surface area contributed by atoms with Crippen LogP contribution in [-0.2, 0) is 10.1 Å². The summed E-state index contributed by atoms with van der Waals surface area (Å²) in [5, 5.41) is 0. The summed E-state index contributed by atoms with van der Waals surface area (Å²) in [7, 11) is -4.19. The van der Waals surface area contributed by atoms with Gasteiger partial charge in [0.1, 0.15) is 5.75 Å². The lowest BCUT2D eigenvalue weighted by Gasteiger charge is -2.09. The number of hydrogen-bond donors (Lipinski definition) is 2. The van der Waals surface area contributed by atoms with Gasteiger partial charge in [0.05, 0.1) is 7.11 Å². The minimum absolute atomic E-state index is 0.868. The van der Waals surface area contributed by atoms with Crippen molar-refractivity contribution >= 4 is 22.7 Å². The fourth-order valence-corrected chi connectivity index (χ4v) is 2.95. The van der Waals surface area contributed by atoms with Gasteiger partial charge in [-0.1, -0.05) is 84.9 Å². The van der Waals surface area contributed by atoms with Crippen molar-refractivity contribution in [3.05, 3.63) is 109 Å². The van der Waals surface area contributed by atoms with Crippen LogP contribution in [-0.4, -0.2) is 25.6 Å². The van der Waals surface area contributed by atoms with E-state index in [-0.39, 0.29) is 0 Å². The van der Waals surface area contributed by atoms with Crippen LogP contribution in [0.2, 0.25) is 0 Å². The summed E-state index contributed by atoms with van der Waals surface area (Å²) >= 11 is 4.11. The van der Waals surface area contributed by atoms with E-state index in [0.29, 0.717) is 0 Å². The second-order valence-corrected chi connectivity index (χ2v) is 8.83. The molecule has 4 aromatic rings. The van der Waals surface area contributed by atoms with Crippen LogP contribution >= 0.6 is 12.6 Å². The lowest BCUT2D eigenvalue weighted by Crippen LogP contribution is -2.21. The first-order chi connectivity index (χ1) is 16.5. The van der Waals surface area contributed by atoms with Gasteiger partial charge in [-0.2, -0.15) is 21.6 Å². The minimum atomic E-state index is -5.84. The molecule has 0 amide bonds. The molecule has 0 radical (unpaired) electrons. The molecule has 184 valence electrons. The molecule has 0 unspecified atom stereocenters. The Bertz CT molecular complexity index is 1220. The maximum atomic E-state index is 10.7. The largest absolute Gasteiger partial charge is 0.522 e. The summed E-state index contributed by atoms with van der Waals surface area (Å²) < 4.78 is 62.5. The first-order valence-electron chi connectivity index (χ1n) is 10.1. The summed E-state index contributed by atoms with van der Waals surface area (Å²) in [5.74, 6) is 0.868. The highest BCUT2D eigenvalue weighted by Crippen LogP contribution is 2.31. The van der Waals surface area contributed by atoms with Gasteiger partial charge in [0, 0.05) is 4.90 Å². The quantitative estimate of drug-likeness (QED) is 0.168. The van der Waals surface area contributed by atoms with E-state index in [1.54, 1.807) is 7.11 Å². The Balaban J connectivity index is 0.000000214. The summed E-state index contributed by atoms with van der Waals surface area (Å²) in [4.78, 5) is 0.954. The second-order valence-electron chi connectivity index (χ2n) is 6.90. The van der Waals surface area contributed by atoms with Crippen LogP contribution in [0.3, 0.4) is 0 Å². The van der Waals surface area contributed by atoms with E-state index in [0.717, 1.165) is 10.6 Å². The first-order valence-corrected chi connectivity index (χ1v) is 12.0. The molecule has 0 aliphatic carbocycles. The third kappa shape index (κ3) is 9.12. The van der Waals surface area contributed by atoms with E-state index < -0.39 is 15.6 Å². The molecule has 4 rings (SSSR count). The van der Waals surface area contributed by atoms with Crippen molar-refractivity contribution in [3.63, 3.8) is 0 Å². The molecule has 0 saturated heterocycles. The second kappa shape index (κ2) is 13.0. The van der Waals surface area contributed by atoms with Crippen LogP contribution in [0, 0.1) is 0 Å². The predicted molar refractivity (Wildman–Crippen MR) is 135 cm³/mol. The zero-order chi connectivity index (χ0) is 25.9. The molecule has 0 aliphatic rings. The van der Waals surface area contributed by atoms with E-state index >= 15 is 0 Å². The fourth-order valence-electron chi connectivity index (χ4n) is 2.80. The molecule has 0 fully saturated rings. The summed E-state index contributed by atoms with van der Waals surface area (Å²) in [6.45, 7) is 0. The molecule has 9 heteroatoms. The van der Waals surface area contributed by atoms with Gasteiger partial charge in [-0.3, -0.25) is 4.55 Å². The number of halogens is 3. The zero-order valence-corrected chi connectivity index (χ0v) is 20.3. The maximum absolute atomic E-state index is 10.7. The number of hydrogen-bond acceptors (Lipinski definition) is 4. The number of benzene rings is 4. The number of thiol groups is 1. The van der Waals surface area contributed by atoms with Crippen LogP contribution in [0.1, 0.15) is 0 Å². The van der Waals surface area contributed by atoms with Gasteiger partial charge in [0.2, 0.25) is 0 Å². The van der Waals surface area contributed by atoms with Gasteiger partial charge in [-0.25, -0.2) is 0 Å². The van der Waals surface area contributed by atoms with Crippen molar-refractivity contribution in [1.29, 1.82) is 0 Å². The van der Waals surface area contributed by atoms with Crippen LogP contribution in [0.25, 0.3) is 22.3 Å². The van der Waals surface area contributed by atoms with Crippen molar-refractivity contribution in [1.82, 2.24) is 0 Å². The van der Waals surface area contributed by atoms with Crippen molar-refractivity contribution in [2.24, 2.45) is 0 Å². The molecule has 4 nitrogen and oxygen atoms in total. The summed E-state index contributed by atoms with van der Waals surface area (Å²) in [6, 6.07) is 37.1. The van der Waals surface area contributed by atoms with Crippen LogP contribution in [0.5, 0.6) is 5.75 Å². The molecule has 35 heavy (non-hydrogen) atoms. The van der Waals surface area contributed by atoms with Gasteiger partial charge < -0.3 is 4.74 Å². The zero-order valence-electron chi connectivity index (χ0n) is 18.6. The van der Waals surface area contributed by atoms with E-state index in [1.807, 2.05) is 24.3 Å². The average molecular weight is 521 g/mol. The standard InChI is InChI=1S/C18H14.C7H8OS.CHF3O3S/c1-3-9-15(10-4-1)17-13-7-8-14-18(17)16-11-5-2-6-12-16;1-8-6-2-4-7(9)5-3-6;2-1(3,4)8(5,6)7/h1-14H;2-5,9H,1H3;(H,5,6,7). The van der Waals surface area contributed by atoms with Gasteiger partial charge in [-0.05, 0) is 46.5 Å². The lowest BCUT2D eigenvalue weighted by molar-refractivity contribution is -0.0510. The Kier molecular flexibility index (Phi) is 10.4. The third-order valence-electron chi connectivity index (χ3n) is 4.46. The molecular weight excluding hydrogens is 497 g/mol. The minimum Gasteiger partial charge on any atom is -0.497 e. The number of ether oxygens (including phenoxy) is 1. The Labute approximate surface area is 208 Å². The Hall–Kier alpha value is -3.27. The van der Waals surface area contributed by atoms with Gasteiger partial charge in [0.15, 0.2) is 0 Å². The predicted octanol–water partition coefficient (Wildman–Crippen LogP) is 7.40. The molecular formula is C26H23F3O4S2. The van der Waals surface area contributed by atoms with Crippen LogP contribution in [0.4, 0.5) is 13.2 Å². The summed E-state index contributed by atoms with van der Waals surface area (Å²) in [5.41, 5.74) is -0.449. The highest BCUT2D eigenvalue weighted by Gasteiger charge is 2.44. The van der Waals surface area contributed by atoms with Gasteiger partial charge >= 0.3 is 15.6 Å². The topological polar surface area (TPSA) is 63.6 Å². The molecule has 1 N–H and O–H groups in total.